The standard InChI is InChI=1S/C21H26N2O3.C2H6/c1-15-13-18-21(25-17-8-6-5-7-16(17)23(18)14-15)9-11-22(12-10-21)19(24)26-20(2,3)4;1-2/h5-8,13-14H,9-12H2,1-4H3;1-2H3. The first-order chi connectivity index (χ1) is 13.3. The van der Waals surface area contributed by atoms with Gasteiger partial charge in [-0.25, -0.2) is 4.79 Å². The summed E-state index contributed by atoms with van der Waals surface area (Å²) >= 11 is 0. The van der Waals surface area contributed by atoms with Gasteiger partial charge in [0.05, 0.1) is 11.4 Å². The van der Waals surface area contributed by atoms with Gasteiger partial charge in [-0.2, -0.15) is 0 Å². The number of fused-ring (bicyclic) bond motifs is 4. The molecule has 0 N–H and O–H groups in total. The minimum Gasteiger partial charge on any atom is -0.479 e. The van der Waals surface area contributed by atoms with Gasteiger partial charge in [0.25, 0.3) is 0 Å². The predicted octanol–water partition coefficient (Wildman–Crippen LogP) is 5.43. The molecule has 1 amide bonds. The first kappa shape index (κ1) is 20.3. The highest BCUT2D eigenvalue weighted by atomic mass is 16.6. The lowest BCUT2D eigenvalue weighted by Gasteiger charge is -2.44. The van der Waals surface area contributed by atoms with Crippen molar-refractivity contribution in [2.24, 2.45) is 0 Å². The lowest BCUT2D eigenvalue weighted by Crippen LogP contribution is -2.50. The number of aryl methyl sites for hydroxylation is 1. The van der Waals surface area contributed by atoms with Crippen molar-refractivity contribution in [2.75, 3.05) is 13.1 Å². The van der Waals surface area contributed by atoms with Gasteiger partial charge in [-0.3, -0.25) is 0 Å². The summed E-state index contributed by atoms with van der Waals surface area (Å²) in [6.45, 7) is 13.0. The van der Waals surface area contributed by atoms with Crippen LogP contribution in [0.3, 0.4) is 0 Å². The van der Waals surface area contributed by atoms with Gasteiger partial charge in [-0.1, -0.05) is 26.0 Å². The first-order valence-electron chi connectivity index (χ1n) is 10.2. The molecule has 0 atom stereocenters. The van der Waals surface area contributed by atoms with Gasteiger partial charge in [0, 0.05) is 32.1 Å². The molecule has 5 nitrogen and oxygen atoms in total. The lowest BCUT2D eigenvalue weighted by molar-refractivity contribution is -0.0268. The van der Waals surface area contributed by atoms with Crippen LogP contribution in [-0.2, 0) is 10.3 Å². The molecule has 1 saturated heterocycles. The molecule has 0 radical (unpaired) electrons. The fourth-order valence-corrected chi connectivity index (χ4v) is 3.89. The fourth-order valence-electron chi connectivity index (χ4n) is 3.89. The Bertz CT molecular complexity index is 840. The highest BCUT2D eigenvalue weighted by Gasteiger charge is 2.45. The molecule has 152 valence electrons. The number of piperidine rings is 1. The van der Waals surface area contributed by atoms with Crippen molar-refractivity contribution in [3.63, 3.8) is 0 Å². The topological polar surface area (TPSA) is 43.7 Å². The molecule has 3 heterocycles. The third-order valence-electron chi connectivity index (χ3n) is 5.08. The Morgan fingerprint density at radius 2 is 1.79 bits per heavy atom. The van der Waals surface area contributed by atoms with Crippen LogP contribution in [0.4, 0.5) is 4.79 Å². The summed E-state index contributed by atoms with van der Waals surface area (Å²) < 4.78 is 14.3. The molecule has 2 aromatic rings. The van der Waals surface area contributed by atoms with Crippen LogP contribution in [-0.4, -0.2) is 34.3 Å². The maximum absolute atomic E-state index is 12.4. The molecule has 2 aliphatic heterocycles. The van der Waals surface area contributed by atoms with Gasteiger partial charge in [-0.05, 0) is 51.5 Å². The molecular formula is C23H32N2O3. The number of ether oxygens (including phenoxy) is 2. The van der Waals surface area contributed by atoms with E-state index in [2.05, 4.69) is 29.8 Å². The van der Waals surface area contributed by atoms with Crippen molar-refractivity contribution in [3.05, 3.63) is 47.8 Å². The molecular weight excluding hydrogens is 352 g/mol. The molecule has 5 heteroatoms. The Morgan fingerprint density at radius 1 is 1.14 bits per heavy atom. The fraction of sp³-hybridized carbons (Fsp3) is 0.522. The van der Waals surface area contributed by atoms with Crippen molar-refractivity contribution in [3.8, 4) is 11.4 Å². The summed E-state index contributed by atoms with van der Waals surface area (Å²) in [5.74, 6) is 0.904. The first-order valence-corrected chi connectivity index (χ1v) is 10.2. The van der Waals surface area contributed by atoms with Crippen LogP contribution in [0.2, 0.25) is 0 Å². The number of carbonyl (C=O) groups excluding carboxylic acids is 1. The maximum Gasteiger partial charge on any atom is 0.410 e. The average molecular weight is 385 g/mol. The van der Waals surface area contributed by atoms with Crippen LogP contribution in [0.1, 0.15) is 58.7 Å². The zero-order chi connectivity index (χ0) is 20.5. The van der Waals surface area contributed by atoms with E-state index in [1.807, 2.05) is 52.8 Å². The van der Waals surface area contributed by atoms with E-state index in [0.29, 0.717) is 13.1 Å². The van der Waals surface area contributed by atoms with E-state index in [9.17, 15) is 4.79 Å². The van der Waals surface area contributed by atoms with Crippen LogP contribution in [0.25, 0.3) is 5.69 Å². The summed E-state index contributed by atoms with van der Waals surface area (Å²) in [5.41, 5.74) is 2.61. The van der Waals surface area contributed by atoms with Crippen LogP contribution < -0.4 is 4.74 Å². The predicted molar refractivity (Wildman–Crippen MR) is 111 cm³/mol. The summed E-state index contributed by atoms with van der Waals surface area (Å²) in [7, 11) is 0. The SMILES string of the molecule is CC.Cc1cc2n(c1)-c1ccccc1OC21CCN(C(=O)OC(C)(C)C)CC1. The molecule has 1 spiro atoms. The number of carbonyl (C=O) groups is 1. The highest BCUT2D eigenvalue weighted by Crippen LogP contribution is 2.45. The number of benzene rings is 1. The van der Waals surface area contributed by atoms with E-state index in [1.54, 1.807) is 4.90 Å². The average Bonchev–Trinajstić information content (AvgIpc) is 3.06. The number of hydrogen-bond acceptors (Lipinski definition) is 3. The van der Waals surface area contributed by atoms with Crippen molar-refractivity contribution < 1.29 is 14.3 Å². The van der Waals surface area contributed by atoms with Crippen LogP contribution in [0.5, 0.6) is 5.75 Å². The number of likely N-dealkylation sites (tertiary alicyclic amines) is 1. The van der Waals surface area contributed by atoms with Crippen molar-refractivity contribution >= 4 is 6.09 Å². The van der Waals surface area contributed by atoms with E-state index in [4.69, 9.17) is 9.47 Å². The summed E-state index contributed by atoms with van der Waals surface area (Å²) in [6.07, 6.45) is 3.43. The zero-order valence-corrected chi connectivity index (χ0v) is 17.9. The smallest absolute Gasteiger partial charge is 0.410 e. The molecule has 2 aliphatic rings. The van der Waals surface area contributed by atoms with Gasteiger partial charge in [0.15, 0.2) is 5.60 Å². The van der Waals surface area contributed by atoms with E-state index < -0.39 is 5.60 Å². The molecule has 1 aromatic carbocycles. The van der Waals surface area contributed by atoms with Crippen molar-refractivity contribution in [1.29, 1.82) is 0 Å². The van der Waals surface area contributed by atoms with E-state index in [1.165, 1.54) is 11.3 Å². The van der Waals surface area contributed by atoms with Gasteiger partial charge >= 0.3 is 6.09 Å². The Hall–Kier alpha value is -2.43. The largest absolute Gasteiger partial charge is 0.479 e. The Morgan fingerprint density at radius 3 is 2.43 bits per heavy atom. The maximum atomic E-state index is 12.4. The van der Waals surface area contributed by atoms with E-state index >= 15 is 0 Å². The van der Waals surface area contributed by atoms with Crippen LogP contribution >= 0.6 is 0 Å². The molecule has 4 rings (SSSR count). The second-order valence-corrected chi connectivity index (χ2v) is 8.30. The van der Waals surface area contributed by atoms with Gasteiger partial charge in [0.2, 0.25) is 0 Å². The highest BCUT2D eigenvalue weighted by molar-refractivity contribution is 5.68. The van der Waals surface area contributed by atoms with Gasteiger partial charge in [0.1, 0.15) is 11.4 Å². The summed E-state index contributed by atoms with van der Waals surface area (Å²) in [5, 5.41) is 0. The Balaban J connectivity index is 0.00000109. The third kappa shape index (κ3) is 3.75. The van der Waals surface area contributed by atoms with Crippen LogP contribution in [0, 0.1) is 6.92 Å². The normalized spacial score (nSPS) is 17.0. The molecule has 1 fully saturated rings. The number of nitrogens with zero attached hydrogens (tertiary/aromatic N) is 2. The van der Waals surface area contributed by atoms with Crippen molar-refractivity contribution in [1.82, 2.24) is 9.47 Å². The molecule has 0 aliphatic carbocycles. The second-order valence-electron chi connectivity index (χ2n) is 8.30. The molecule has 1 aromatic heterocycles. The Labute approximate surface area is 168 Å². The zero-order valence-electron chi connectivity index (χ0n) is 17.9. The van der Waals surface area contributed by atoms with Gasteiger partial charge in [-0.15, -0.1) is 0 Å². The molecule has 28 heavy (non-hydrogen) atoms. The third-order valence-corrected chi connectivity index (χ3v) is 5.08. The van der Waals surface area contributed by atoms with E-state index in [0.717, 1.165) is 24.3 Å². The number of amides is 1. The summed E-state index contributed by atoms with van der Waals surface area (Å²) in [6, 6.07) is 10.4. The minimum atomic E-state index is -0.474. The van der Waals surface area contributed by atoms with Crippen molar-refractivity contribution in [2.45, 2.75) is 65.6 Å². The van der Waals surface area contributed by atoms with Gasteiger partial charge < -0.3 is 18.9 Å². The molecule has 0 saturated carbocycles. The monoisotopic (exact) mass is 384 g/mol. The molecule has 0 unspecified atom stereocenters. The number of aromatic nitrogens is 1. The molecule has 0 bridgehead atoms. The Kier molecular flexibility index (Phi) is 5.46. The minimum absolute atomic E-state index is 0.241. The summed E-state index contributed by atoms with van der Waals surface area (Å²) in [4.78, 5) is 14.2. The lowest BCUT2D eigenvalue weighted by atomic mass is 9.86. The quantitative estimate of drug-likeness (QED) is 0.608. The van der Waals surface area contributed by atoms with Crippen LogP contribution in [0.15, 0.2) is 36.5 Å². The number of para-hydroxylation sites is 2. The second kappa shape index (κ2) is 7.53. The number of hydrogen-bond donors (Lipinski definition) is 0. The van der Waals surface area contributed by atoms with E-state index in [-0.39, 0.29) is 11.7 Å². The number of rotatable bonds is 0.